The summed E-state index contributed by atoms with van der Waals surface area (Å²) in [4.78, 5) is 27.9. The smallest absolute Gasteiger partial charge is 0.351 e. The number of alkyl halides is 2. The van der Waals surface area contributed by atoms with E-state index >= 15 is 0 Å². The summed E-state index contributed by atoms with van der Waals surface area (Å²) in [5, 5.41) is 13.2. The minimum Gasteiger partial charge on any atom is -0.469 e. The third kappa shape index (κ3) is 6.00. The Balaban J connectivity index is 2.13. The van der Waals surface area contributed by atoms with E-state index in [4.69, 9.17) is 4.74 Å². The van der Waals surface area contributed by atoms with E-state index in [2.05, 4.69) is 28.9 Å². The number of rotatable bonds is 11. The van der Waals surface area contributed by atoms with Crippen LogP contribution in [0.3, 0.4) is 0 Å². The van der Waals surface area contributed by atoms with E-state index in [1.54, 1.807) is 0 Å². The lowest BCUT2D eigenvalue weighted by Crippen LogP contribution is -2.41. The Bertz CT molecular complexity index is 783. The molecule has 2 rings (SSSR count). The Morgan fingerprint density at radius 1 is 1.39 bits per heavy atom. The summed E-state index contributed by atoms with van der Waals surface area (Å²) < 4.78 is 39.9. The number of aliphatic hydroxyl groups is 1. The van der Waals surface area contributed by atoms with Crippen LogP contribution in [0.4, 0.5) is 14.6 Å². The van der Waals surface area contributed by atoms with Crippen LogP contribution < -0.4 is 11.0 Å². The second kappa shape index (κ2) is 11.0. The Morgan fingerprint density at radius 3 is 2.58 bits per heavy atom. The van der Waals surface area contributed by atoms with E-state index < -0.39 is 41.9 Å². The molecular weight excluding hydrogens is 412 g/mol. The van der Waals surface area contributed by atoms with Gasteiger partial charge < -0.3 is 19.9 Å². The summed E-state index contributed by atoms with van der Waals surface area (Å²) >= 11 is 0. The van der Waals surface area contributed by atoms with Crippen LogP contribution >= 0.6 is 0 Å². The highest BCUT2D eigenvalue weighted by molar-refractivity contribution is 5.71. The number of carbonyl (C=O) groups excluding carboxylic acids is 1. The van der Waals surface area contributed by atoms with Crippen LogP contribution in [0.2, 0.25) is 0 Å². The molecule has 10 heteroatoms. The van der Waals surface area contributed by atoms with Crippen molar-refractivity contribution in [3.05, 3.63) is 22.7 Å². The Hall–Kier alpha value is -2.07. The highest BCUT2D eigenvalue weighted by atomic mass is 19.3. The zero-order chi connectivity index (χ0) is 23.2. The SMILES string of the molecule is CCCC(CCC)CNc1ccn([C@@H]2O[C@H](CC(C)C(=O)OC)[C@@H](O)C2(F)F)c(=O)n1. The molecular formula is C21H33F2N3O5. The molecule has 1 aromatic rings. The zero-order valence-corrected chi connectivity index (χ0v) is 18.5. The first-order valence-electron chi connectivity index (χ1n) is 10.8. The number of nitrogens with one attached hydrogen (secondary N) is 1. The summed E-state index contributed by atoms with van der Waals surface area (Å²) in [6.07, 6.45) is -0.310. The fourth-order valence-electron chi connectivity index (χ4n) is 3.91. The molecule has 2 heterocycles. The lowest BCUT2D eigenvalue weighted by molar-refractivity contribution is -0.147. The van der Waals surface area contributed by atoms with Gasteiger partial charge >= 0.3 is 17.6 Å². The van der Waals surface area contributed by atoms with E-state index in [1.165, 1.54) is 26.3 Å². The number of carbonyl (C=O) groups is 1. The summed E-state index contributed by atoms with van der Waals surface area (Å²) in [6.45, 7) is 6.35. The number of hydrogen-bond donors (Lipinski definition) is 2. The molecule has 0 bridgehead atoms. The highest BCUT2D eigenvalue weighted by Crippen LogP contribution is 2.43. The first kappa shape index (κ1) is 25.2. The van der Waals surface area contributed by atoms with E-state index in [9.17, 15) is 23.5 Å². The maximum absolute atomic E-state index is 14.7. The molecule has 1 fully saturated rings. The molecule has 0 aromatic carbocycles. The number of aliphatic hydroxyl groups excluding tert-OH is 1. The molecule has 31 heavy (non-hydrogen) atoms. The van der Waals surface area contributed by atoms with Crippen molar-refractivity contribution in [1.29, 1.82) is 0 Å². The lowest BCUT2D eigenvalue weighted by Gasteiger charge is -2.21. The van der Waals surface area contributed by atoms with Crippen molar-refractivity contribution in [3.63, 3.8) is 0 Å². The summed E-state index contributed by atoms with van der Waals surface area (Å²) in [6, 6.07) is 1.44. The summed E-state index contributed by atoms with van der Waals surface area (Å²) in [5.74, 6) is -4.33. The van der Waals surface area contributed by atoms with Crippen LogP contribution in [-0.2, 0) is 14.3 Å². The largest absolute Gasteiger partial charge is 0.469 e. The van der Waals surface area contributed by atoms with E-state index in [0.717, 1.165) is 25.7 Å². The van der Waals surface area contributed by atoms with Crippen molar-refractivity contribution < 1.29 is 28.2 Å². The second-order valence-corrected chi connectivity index (χ2v) is 8.13. The van der Waals surface area contributed by atoms with Gasteiger partial charge in [-0.05, 0) is 31.2 Å². The standard InChI is InChI=1S/C21H33F2N3O5/c1-5-7-14(8-6-2)12-24-16-9-10-26(20(29)25-16)19-21(22,23)17(27)15(31-19)11-13(3)18(28)30-4/h9-10,13-15,17,19,27H,5-8,11-12H2,1-4H3,(H,24,25,29)/t13?,15-,17-,19-/m1/s1. The number of esters is 1. The van der Waals surface area contributed by atoms with Crippen LogP contribution in [0.1, 0.15) is 59.1 Å². The predicted octanol–water partition coefficient (Wildman–Crippen LogP) is 2.96. The van der Waals surface area contributed by atoms with Gasteiger partial charge in [0.05, 0.1) is 19.1 Å². The molecule has 0 radical (unpaired) electrons. The number of nitrogens with zero attached hydrogens (tertiary/aromatic N) is 2. The van der Waals surface area contributed by atoms with Gasteiger partial charge in [0.1, 0.15) is 11.9 Å². The number of halogens is 2. The van der Waals surface area contributed by atoms with Gasteiger partial charge in [-0.25, -0.2) is 4.79 Å². The maximum atomic E-state index is 14.7. The average molecular weight is 446 g/mol. The molecule has 0 amide bonds. The van der Waals surface area contributed by atoms with Crippen LogP contribution in [0.15, 0.2) is 17.1 Å². The number of aromatic nitrogens is 2. The van der Waals surface area contributed by atoms with Crippen LogP contribution in [0, 0.1) is 11.8 Å². The van der Waals surface area contributed by atoms with E-state index in [-0.39, 0.29) is 6.42 Å². The predicted molar refractivity (Wildman–Crippen MR) is 111 cm³/mol. The number of methoxy groups -OCH3 is 1. The lowest BCUT2D eigenvalue weighted by atomic mass is 9.98. The molecule has 176 valence electrons. The number of anilines is 1. The quantitative estimate of drug-likeness (QED) is 0.505. The van der Waals surface area contributed by atoms with Gasteiger partial charge in [0.25, 0.3) is 0 Å². The van der Waals surface area contributed by atoms with Crippen molar-refractivity contribution in [2.24, 2.45) is 11.8 Å². The minimum absolute atomic E-state index is 0.169. The second-order valence-electron chi connectivity index (χ2n) is 8.13. The normalized spacial score (nSPS) is 23.7. The van der Waals surface area contributed by atoms with Crippen LogP contribution in [0.25, 0.3) is 0 Å². The number of ether oxygens (including phenoxy) is 2. The molecule has 2 N–H and O–H groups in total. The first-order valence-corrected chi connectivity index (χ1v) is 10.8. The molecule has 1 aliphatic heterocycles. The minimum atomic E-state index is -3.73. The third-order valence-electron chi connectivity index (χ3n) is 5.62. The van der Waals surface area contributed by atoms with Gasteiger partial charge in [-0.1, -0.05) is 33.6 Å². The van der Waals surface area contributed by atoms with Crippen molar-refractivity contribution in [2.75, 3.05) is 19.0 Å². The van der Waals surface area contributed by atoms with Crippen molar-refractivity contribution in [2.45, 2.75) is 77.2 Å². The first-order chi connectivity index (χ1) is 14.6. The molecule has 1 aromatic heterocycles. The molecule has 0 saturated carbocycles. The van der Waals surface area contributed by atoms with Gasteiger partial charge in [-0.2, -0.15) is 13.8 Å². The summed E-state index contributed by atoms with van der Waals surface area (Å²) in [5.41, 5.74) is -0.911. The molecule has 4 atom stereocenters. The molecule has 0 aliphatic carbocycles. The van der Waals surface area contributed by atoms with Crippen molar-refractivity contribution >= 4 is 11.8 Å². The van der Waals surface area contributed by atoms with Crippen molar-refractivity contribution in [3.8, 4) is 0 Å². The summed E-state index contributed by atoms with van der Waals surface area (Å²) in [7, 11) is 1.19. The number of hydrogen-bond acceptors (Lipinski definition) is 7. The van der Waals surface area contributed by atoms with Gasteiger partial charge in [-0.3, -0.25) is 9.36 Å². The Labute approximate surface area is 181 Å². The fraction of sp³-hybridized carbons (Fsp3) is 0.762. The monoisotopic (exact) mass is 445 g/mol. The van der Waals surface area contributed by atoms with E-state index in [0.29, 0.717) is 22.8 Å². The molecule has 1 aliphatic rings. The zero-order valence-electron chi connectivity index (χ0n) is 18.5. The van der Waals surface area contributed by atoms with Gasteiger partial charge in [0.15, 0.2) is 0 Å². The highest BCUT2D eigenvalue weighted by Gasteiger charge is 2.59. The molecule has 0 spiro atoms. The fourth-order valence-corrected chi connectivity index (χ4v) is 3.91. The molecule has 1 saturated heterocycles. The Kier molecular flexibility index (Phi) is 8.93. The van der Waals surface area contributed by atoms with Gasteiger partial charge in [0.2, 0.25) is 6.23 Å². The van der Waals surface area contributed by atoms with Crippen LogP contribution in [0.5, 0.6) is 0 Å². The maximum Gasteiger partial charge on any atom is 0.351 e. The molecule has 8 nitrogen and oxygen atoms in total. The Morgan fingerprint density at radius 2 is 2.03 bits per heavy atom. The topological polar surface area (TPSA) is 103 Å². The van der Waals surface area contributed by atoms with E-state index in [1.807, 2.05) is 0 Å². The van der Waals surface area contributed by atoms with Gasteiger partial charge in [0, 0.05) is 12.7 Å². The molecule has 1 unspecified atom stereocenters. The van der Waals surface area contributed by atoms with Crippen molar-refractivity contribution in [1.82, 2.24) is 9.55 Å². The average Bonchev–Trinajstić information content (AvgIpc) is 2.95. The van der Waals surface area contributed by atoms with Crippen LogP contribution in [-0.4, -0.2) is 52.4 Å². The third-order valence-corrected chi connectivity index (χ3v) is 5.62. The van der Waals surface area contributed by atoms with Gasteiger partial charge in [-0.15, -0.1) is 0 Å².